The molecule has 0 spiro atoms. The van der Waals surface area contributed by atoms with Crippen LogP contribution in [0.15, 0.2) is 60.7 Å². The van der Waals surface area contributed by atoms with E-state index in [1.54, 1.807) is 0 Å². The fourth-order valence-corrected chi connectivity index (χ4v) is 2.09. The lowest BCUT2D eigenvalue weighted by Crippen LogP contribution is -2.31. The smallest absolute Gasteiger partial charge is 0.407 e. The quantitative estimate of drug-likeness (QED) is 0.832. The van der Waals surface area contributed by atoms with Gasteiger partial charge in [0.15, 0.2) is 0 Å². The highest BCUT2D eigenvalue weighted by molar-refractivity contribution is 5.73. The largest absolute Gasteiger partial charge is 0.469 e. The molecule has 2 aromatic carbocycles. The van der Waals surface area contributed by atoms with Gasteiger partial charge in [0, 0.05) is 0 Å². The van der Waals surface area contributed by atoms with Crippen LogP contribution in [0.2, 0.25) is 0 Å². The number of carbonyl (C=O) groups excluding carboxylic acids is 2. The van der Waals surface area contributed by atoms with Crippen molar-refractivity contribution in [1.82, 2.24) is 5.32 Å². The number of rotatable bonds is 6. The molecule has 5 nitrogen and oxygen atoms in total. The summed E-state index contributed by atoms with van der Waals surface area (Å²) in [6, 6.07) is 18.1. The second-order valence-corrected chi connectivity index (χ2v) is 4.95. The van der Waals surface area contributed by atoms with Gasteiger partial charge in [0.05, 0.1) is 19.6 Å². The Balaban J connectivity index is 1.96. The Morgan fingerprint density at radius 1 is 1.00 bits per heavy atom. The first-order valence-corrected chi connectivity index (χ1v) is 7.28. The van der Waals surface area contributed by atoms with Gasteiger partial charge in [0.2, 0.25) is 0 Å². The number of ether oxygens (including phenoxy) is 2. The number of benzene rings is 2. The molecule has 0 bridgehead atoms. The van der Waals surface area contributed by atoms with Crippen LogP contribution in [0, 0.1) is 0 Å². The molecule has 1 atom stereocenters. The first-order chi connectivity index (χ1) is 11.2. The van der Waals surface area contributed by atoms with Crippen molar-refractivity contribution in [1.29, 1.82) is 0 Å². The maximum absolute atomic E-state index is 12.0. The predicted molar refractivity (Wildman–Crippen MR) is 85.6 cm³/mol. The Bertz CT molecular complexity index is 628. The molecule has 0 saturated heterocycles. The summed E-state index contributed by atoms with van der Waals surface area (Å²) in [4.78, 5) is 23.5. The summed E-state index contributed by atoms with van der Waals surface area (Å²) in [5.41, 5.74) is 1.71. The average Bonchev–Trinajstić information content (AvgIpc) is 2.61. The van der Waals surface area contributed by atoms with Crippen molar-refractivity contribution >= 4 is 12.1 Å². The molecule has 120 valence electrons. The molecule has 23 heavy (non-hydrogen) atoms. The molecule has 2 aromatic rings. The van der Waals surface area contributed by atoms with Crippen LogP contribution in [0.5, 0.6) is 0 Å². The summed E-state index contributed by atoms with van der Waals surface area (Å²) >= 11 is 0. The molecule has 0 aromatic heterocycles. The highest BCUT2D eigenvalue weighted by atomic mass is 16.5. The number of hydrogen-bond acceptors (Lipinski definition) is 4. The van der Waals surface area contributed by atoms with Gasteiger partial charge in [0.1, 0.15) is 6.61 Å². The molecular weight excluding hydrogens is 294 g/mol. The van der Waals surface area contributed by atoms with Crippen molar-refractivity contribution in [3.8, 4) is 0 Å². The summed E-state index contributed by atoms with van der Waals surface area (Å²) in [6.07, 6.45) is -0.535. The van der Waals surface area contributed by atoms with Crippen LogP contribution in [0.4, 0.5) is 4.79 Å². The highest BCUT2D eigenvalue weighted by Gasteiger charge is 2.19. The minimum Gasteiger partial charge on any atom is -0.469 e. The highest BCUT2D eigenvalue weighted by Crippen LogP contribution is 2.17. The van der Waals surface area contributed by atoms with Crippen molar-refractivity contribution in [3.05, 3.63) is 71.8 Å². The Hall–Kier alpha value is -2.82. The summed E-state index contributed by atoms with van der Waals surface area (Å²) in [6.45, 7) is 0.173. The predicted octanol–water partition coefficient (Wildman–Crippen LogP) is 3.22. The average molecular weight is 313 g/mol. The topological polar surface area (TPSA) is 64.6 Å². The number of amides is 1. The van der Waals surface area contributed by atoms with Crippen molar-refractivity contribution in [2.24, 2.45) is 0 Å². The maximum Gasteiger partial charge on any atom is 0.407 e. The molecule has 5 heteroatoms. The zero-order valence-corrected chi connectivity index (χ0v) is 12.9. The lowest BCUT2D eigenvalue weighted by Gasteiger charge is -2.18. The second kappa shape index (κ2) is 8.58. The molecule has 0 aliphatic rings. The number of hydrogen-bond donors (Lipinski definition) is 1. The van der Waals surface area contributed by atoms with E-state index in [2.05, 4.69) is 10.1 Å². The van der Waals surface area contributed by atoms with Gasteiger partial charge in [-0.2, -0.15) is 0 Å². The fraction of sp³-hybridized carbons (Fsp3) is 0.222. The molecule has 0 heterocycles. The Morgan fingerprint density at radius 3 is 2.22 bits per heavy atom. The lowest BCUT2D eigenvalue weighted by atomic mass is 10.0. The number of carbonyl (C=O) groups is 2. The zero-order chi connectivity index (χ0) is 16.5. The third-order valence-corrected chi connectivity index (χ3v) is 3.31. The first-order valence-electron chi connectivity index (χ1n) is 7.28. The van der Waals surface area contributed by atoms with E-state index in [1.165, 1.54) is 7.11 Å². The van der Waals surface area contributed by atoms with Crippen LogP contribution in [0.3, 0.4) is 0 Å². The van der Waals surface area contributed by atoms with E-state index in [4.69, 9.17) is 4.74 Å². The molecule has 0 fully saturated rings. The van der Waals surface area contributed by atoms with E-state index in [0.29, 0.717) is 0 Å². The van der Waals surface area contributed by atoms with Crippen molar-refractivity contribution in [2.75, 3.05) is 7.11 Å². The van der Waals surface area contributed by atoms with Crippen LogP contribution < -0.4 is 5.32 Å². The van der Waals surface area contributed by atoms with Gasteiger partial charge in [-0.3, -0.25) is 4.79 Å². The number of nitrogens with one attached hydrogen (secondary N) is 1. The third-order valence-electron chi connectivity index (χ3n) is 3.31. The molecule has 2 rings (SSSR count). The van der Waals surface area contributed by atoms with E-state index in [1.807, 2.05) is 60.7 Å². The molecular formula is C18H19NO4. The van der Waals surface area contributed by atoms with Gasteiger partial charge in [-0.25, -0.2) is 4.79 Å². The lowest BCUT2D eigenvalue weighted by molar-refractivity contribution is -0.141. The van der Waals surface area contributed by atoms with Crippen molar-refractivity contribution in [3.63, 3.8) is 0 Å². The number of alkyl carbamates (subject to hydrolysis) is 1. The van der Waals surface area contributed by atoms with Gasteiger partial charge in [-0.1, -0.05) is 60.7 Å². The molecule has 1 unspecified atom stereocenters. The molecule has 0 saturated carbocycles. The third kappa shape index (κ3) is 5.47. The Morgan fingerprint density at radius 2 is 1.61 bits per heavy atom. The van der Waals surface area contributed by atoms with E-state index in [0.717, 1.165) is 11.1 Å². The first kappa shape index (κ1) is 16.5. The Kier molecular flexibility index (Phi) is 6.17. The zero-order valence-electron chi connectivity index (χ0n) is 12.9. The van der Waals surface area contributed by atoms with Gasteiger partial charge < -0.3 is 14.8 Å². The monoisotopic (exact) mass is 313 g/mol. The van der Waals surface area contributed by atoms with E-state index >= 15 is 0 Å². The Labute approximate surface area is 135 Å². The number of esters is 1. The molecule has 0 aliphatic heterocycles. The molecule has 0 radical (unpaired) electrons. The van der Waals surface area contributed by atoms with Gasteiger partial charge in [0.25, 0.3) is 0 Å². The second-order valence-electron chi connectivity index (χ2n) is 4.95. The van der Waals surface area contributed by atoms with Crippen LogP contribution in [0.1, 0.15) is 23.6 Å². The maximum atomic E-state index is 12.0. The summed E-state index contributed by atoms with van der Waals surface area (Å²) in [5, 5.41) is 2.71. The molecule has 1 N–H and O–H groups in total. The minimum absolute atomic E-state index is 0.0426. The van der Waals surface area contributed by atoms with Crippen molar-refractivity contribution < 1.29 is 19.1 Å². The van der Waals surface area contributed by atoms with Gasteiger partial charge >= 0.3 is 12.1 Å². The SMILES string of the molecule is COC(=O)CC(NC(=O)OCc1ccccc1)c1ccccc1. The van der Waals surface area contributed by atoms with Crippen LogP contribution >= 0.6 is 0 Å². The standard InChI is InChI=1S/C18H19NO4/c1-22-17(20)12-16(15-10-6-3-7-11-15)19-18(21)23-13-14-8-4-2-5-9-14/h2-11,16H,12-13H2,1H3,(H,19,21). The minimum atomic E-state index is -0.577. The normalized spacial score (nSPS) is 11.3. The van der Waals surface area contributed by atoms with E-state index in [-0.39, 0.29) is 13.0 Å². The summed E-state index contributed by atoms with van der Waals surface area (Å²) < 4.78 is 9.88. The molecule has 1 amide bonds. The van der Waals surface area contributed by atoms with Crippen LogP contribution in [-0.4, -0.2) is 19.2 Å². The van der Waals surface area contributed by atoms with Gasteiger partial charge in [-0.05, 0) is 11.1 Å². The van der Waals surface area contributed by atoms with Crippen LogP contribution in [-0.2, 0) is 20.9 Å². The van der Waals surface area contributed by atoms with E-state index in [9.17, 15) is 9.59 Å². The summed E-state index contributed by atoms with van der Waals surface area (Å²) in [7, 11) is 1.32. The molecule has 0 aliphatic carbocycles. The van der Waals surface area contributed by atoms with Gasteiger partial charge in [-0.15, -0.1) is 0 Å². The van der Waals surface area contributed by atoms with Crippen molar-refractivity contribution in [2.45, 2.75) is 19.1 Å². The van der Waals surface area contributed by atoms with E-state index < -0.39 is 18.1 Å². The fourth-order valence-electron chi connectivity index (χ4n) is 2.09. The number of methoxy groups -OCH3 is 1. The summed E-state index contributed by atoms with van der Waals surface area (Å²) in [5.74, 6) is -0.401. The van der Waals surface area contributed by atoms with Crippen LogP contribution in [0.25, 0.3) is 0 Å².